The number of amides is 1. The van der Waals surface area contributed by atoms with Gasteiger partial charge in [-0.1, -0.05) is 93.9 Å². The van der Waals surface area contributed by atoms with Crippen LogP contribution in [0.3, 0.4) is 0 Å². The van der Waals surface area contributed by atoms with Crippen molar-refractivity contribution in [1.82, 2.24) is 10.3 Å². The molecule has 1 aliphatic rings. The van der Waals surface area contributed by atoms with Gasteiger partial charge < -0.3 is 5.32 Å². The molecule has 0 aliphatic carbocycles. The summed E-state index contributed by atoms with van der Waals surface area (Å²) in [6.07, 6.45) is 10.9. The minimum Gasteiger partial charge on any atom is -0.349 e. The molecule has 1 unspecified atom stereocenters. The Kier molecular flexibility index (Phi) is 12.7. The van der Waals surface area contributed by atoms with Gasteiger partial charge in [-0.25, -0.2) is 4.99 Å². The highest BCUT2D eigenvalue weighted by molar-refractivity contribution is 8.03. The number of benzene rings is 1. The van der Waals surface area contributed by atoms with Crippen LogP contribution >= 0.6 is 23.4 Å². The average Bonchev–Trinajstić information content (AvgIpc) is 3.03. The molecule has 1 aliphatic heterocycles. The first-order valence-corrected chi connectivity index (χ1v) is 14.0. The number of nitrogens with one attached hydrogen (secondary N) is 1. The first-order valence-electron chi connectivity index (χ1n) is 12.8. The molecule has 36 heavy (non-hydrogen) atoms. The summed E-state index contributed by atoms with van der Waals surface area (Å²) < 4.78 is 0. The first kappa shape index (κ1) is 29.6. The fraction of sp³-hybridized carbons (Fsp3) is 0.367. The average molecular weight is 524 g/mol. The molecule has 0 saturated heterocycles. The van der Waals surface area contributed by atoms with Crippen LogP contribution in [-0.4, -0.2) is 22.6 Å². The Morgan fingerprint density at radius 1 is 1.17 bits per heavy atom. The van der Waals surface area contributed by atoms with Gasteiger partial charge in [0.1, 0.15) is 5.69 Å². The second-order valence-corrected chi connectivity index (χ2v) is 9.79. The van der Waals surface area contributed by atoms with Crippen LogP contribution in [0.15, 0.2) is 86.9 Å². The molecular weight excluding hydrogens is 486 g/mol. The number of fused-ring (bicyclic) bond motifs is 1. The summed E-state index contributed by atoms with van der Waals surface area (Å²) in [5.74, 6) is -0.0433. The summed E-state index contributed by atoms with van der Waals surface area (Å²) in [7, 11) is 0. The third-order valence-corrected chi connectivity index (χ3v) is 7.05. The second-order valence-electron chi connectivity index (χ2n) is 8.13. The normalized spacial score (nSPS) is 14.4. The van der Waals surface area contributed by atoms with E-state index < -0.39 is 0 Å². The summed E-state index contributed by atoms with van der Waals surface area (Å²) in [5.41, 5.74) is 3.96. The monoisotopic (exact) mass is 523 g/mol. The van der Waals surface area contributed by atoms with E-state index in [0.29, 0.717) is 22.7 Å². The molecule has 1 aromatic heterocycles. The number of carbonyl (C=O) groups excluding carboxylic acids is 1. The fourth-order valence-corrected chi connectivity index (χ4v) is 5.01. The molecule has 2 heterocycles. The van der Waals surface area contributed by atoms with Crippen LogP contribution in [0.25, 0.3) is 0 Å². The molecule has 0 radical (unpaired) electrons. The molecule has 1 aromatic carbocycles. The minimum atomic E-state index is -0.0433. The predicted octanol–water partition coefficient (Wildman–Crippen LogP) is 8.52. The van der Waals surface area contributed by atoms with Gasteiger partial charge >= 0.3 is 0 Å². The Balaban J connectivity index is 0.00000222. The zero-order valence-electron chi connectivity index (χ0n) is 22.3. The summed E-state index contributed by atoms with van der Waals surface area (Å²) in [4.78, 5) is 24.8. The zero-order valence-corrected chi connectivity index (χ0v) is 23.8. The third kappa shape index (κ3) is 7.94. The van der Waals surface area contributed by atoms with Crippen molar-refractivity contribution in [3.05, 3.63) is 93.3 Å². The molecule has 0 spiro atoms. The fourth-order valence-electron chi connectivity index (χ4n) is 3.80. The van der Waals surface area contributed by atoms with Crippen molar-refractivity contribution < 1.29 is 4.79 Å². The SMILES string of the molecule is C/C=C\C(=CCC1=C(C)Sc2ccccc2C(c2ncccc2Cl)=N1)C(=O)NC(CC)CCC.CC. The number of aliphatic imine (C=N–C) groups is 1. The standard InChI is InChI=1S/C28H32ClN3OS.C2H6/c1-5-11-20(28(33)31-21(7-3)12-6-2)16-17-24-19(4)34-25-15-9-8-13-22(25)26(32-24)27-23(29)14-10-18-30-27;1-2/h5,8-11,13-16,18,21H,6-7,12,17H2,1-4H3,(H,31,33);1-2H3/b11-5-,20-16?;. The van der Waals surface area contributed by atoms with Crippen LogP contribution in [0.5, 0.6) is 0 Å². The topological polar surface area (TPSA) is 54.4 Å². The van der Waals surface area contributed by atoms with E-state index in [1.165, 1.54) is 0 Å². The Bertz CT molecular complexity index is 1150. The molecule has 6 heteroatoms. The smallest absolute Gasteiger partial charge is 0.251 e. The Morgan fingerprint density at radius 2 is 1.92 bits per heavy atom. The molecule has 0 saturated carbocycles. The molecule has 0 bridgehead atoms. The van der Waals surface area contributed by atoms with Crippen LogP contribution < -0.4 is 5.32 Å². The maximum Gasteiger partial charge on any atom is 0.251 e. The van der Waals surface area contributed by atoms with Gasteiger partial charge in [-0.2, -0.15) is 0 Å². The van der Waals surface area contributed by atoms with Gasteiger partial charge in [0.2, 0.25) is 0 Å². The third-order valence-electron chi connectivity index (χ3n) is 5.63. The molecule has 2 aromatic rings. The van der Waals surface area contributed by atoms with E-state index in [-0.39, 0.29) is 11.9 Å². The molecule has 3 rings (SSSR count). The van der Waals surface area contributed by atoms with E-state index >= 15 is 0 Å². The van der Waals surface area contributed by atoms with Gasteiger partial charge in [0.15, 0.2) is 0 Å². The number of rotatable bonds is 9. The number of hydrogen-bond acceptors (Lipinski definition) is 4. The number of halogens is 1. The van der Waals surface area contributed by atoms with Crippen molar-refractivity contribution >= 4 is 35.0 Å². The molecule has 4 nitrogen and oxygen atoms in total. The van der Waals surface area contributed by atoms with Crippen molar-refractivity contribution in [2.75, 3.05) is 0 Å². The molecule has 1 atom stereocenters. The number of hydrogen-bond donors (Lipinski definition) is 1. The summed E-state index contributed by atoms with van der Waals surface area (Å²) in [6.45, 7) is 12.2. The molecular formula is C30H38ClN3OS. The van der Waals surface area contributed by atoms with Gasteiger partial charge in [0.05, 0.1) is 16.4 Å². The van der Waals surface area contributed by atoms with Crippen LogP contribution in [0.4, 0.5) is 0 Å². The summed E-state index contributed by atoms with van der Waals surface area (Å²) >= 11 is 8.21. The quantitative estimate of drug-likeness (QED) is 0.264. The lowest BCUT2D eigenvalue weighted by molar-refractivity contribution is -0.117. The number of allylic oxidation sites excluding steroid dienone is 3. The number of carbonyl (C=O) groups is 1. The van der Waals surface area contributed by atoms with Gasteiger partial charge in [-0.3, -0.25) is 9.78 Å². The first-order chi connectivity index (χ1) is 17.5. The van der Waals surface area contributed by atoms with Gasteiger partial charge in [0, 0.05) is 39.6 Å². The predicted molar refractivity (Wildman–Crippen MR) is 156 cm³/mol. The largest absolute Gasteiger partial charge is 0.349 e. The van der Waals surface area contributed by atoms with Gasteiger partial charge in [-0.05, 0) is 44.9 Å². The molecule has 1 N–H and O–H groups in total. The highest BCUT2D eigenvalue weighted by Gasteiger charge is 2.21. The minimum absolute atomic E-state index is 0.0433. The highest BCUT2D eigenvalue weighted by atomic mass is 35.5. The van der Waals surface area contributed by atoms with Crippen molar-refractivity contribution in [1.29, 1.82) is 0 Å². The Hall–Kier alpha value is -2.63. The summed E-state index contributed by atoms with van der Waals surface area (Å²) in [5, 5.41) is 3.74. The highest BCUT2D eigenvalue weighted by Crippen LogP contribution is 2.38. The van der Waals surface area contributed by atoms with Crippen LogP contribution in [0.2, 0.25) is 5.02 Å². The second kappa shape index (κ2) is 15.5. The lowest BCUT2D eigenvalue weighted by Gasteiger charge is -2.16. The van der Waals surface area contributed by atoms with Crippen molar-refractivity contribution in [3.63, 3.8) is 0 Å². The summed E-state index contributed by atoms with van der Waals surface area (Å²) in [6, 6.07) is 12.0. The number of pyridine rings is 1. The lowest BCUT2D eigenvalue weighted by atomic mass is 10.1. The Labute approximate surface area is 226 Å². The van der Waals surface area contributed by atoms with E-state index in [9.17, 15) is 4.79 Å². The van der Waals surface area contributed by atoms with E-state index in [0.717, 1.165) is 46.0 Å². The lowest BCUT2D eigenvalue weighted by Crippen LogP contribution is -2.34. The number of thioether (sulfide) groups is 1. The van der Waals surface area contributed by atoms with Gasteiger partial charge in [-0.15, -0.1) is 0 Å². The number of aromatic nitrogens is 1. The van der Waals surface area contributed by atoms with E-state index in [2.05, 4.69) is 43.2 Å². The maximum absolute atomic E-state index is 13.0. The van der Waals surface area contributed by atoms with E-state index in [1.54, 1.807) is 18.0 Å². The van der Waals surface area contributed by atoms with Crippen LogP contribution in [-0.2, 0) is 4.79 Å². The van der Waals surface area contributed by atoms with Gasteiger partial charge in [0.25, 0.3) is 5.91 Å². The number of nitrogens with zero attached hydrogens (tertiary/aromatic N) is 2. The van der Waals surface area contributed by atoms with Crippen molar-refractivity contribution in [2.45, 2.75) is 78.2 Å². The van der Waals surface area contributed by atoms with Crippen molar-refractivity contribution in [3.8, 4) is 0 Å². The van der Waals surface area contributed by atoms with E-state index in [1.807, 2.05) is 63.3 Å². The molecule has 1 amide bonds. The molecule has 0 fully saturated rings. The molecule has 192 valence electrons. The van der Waals surface area contributed by atoms with Crippen molar-refractivity contribution in [2.24, 2.45) is 4.99 Å². The van der Waals surface area contributed by atoms with Crippen LogP contribution in [0, 0.1) is 0 Å². The Morgan fingerprint density at radius 3 is 2.58 bits per heavy atom. The zero-order chi connectivity index (χ0) is 26.5. The maximum atomic E-state index is 13.0. The van der Waals surface area contributed by atoms with E-state index in [4.69, 9.17) is 16.6 Å². The van der Waals surface area contributed by atoms with Crippen LogP contribution in [0.1, 0.15) is 78.5 Å².